The third-order valence-electron chi connectivity index (χ3n) is 5.30. The van der Waals surface area contributed by atoms with E-state index in [1.54, 1.807) is 0 Å². The normalized spacial score (nSPS) is 20.7. The van der Waals surface area contributed by atoms with Crippen LogP contribution in [0.5, 0.6) is 11.5 Å². The number of fused-ring (bicyclic) bond motifs is 1. The molecule has 1 aromatic rings. The minimum absolute atomic E-state index is 0.177. The van der Waals surface area contributed by atoms with Gasteiger partial charge in [0, 0.05) is 26.2 Å². The number of ether oxygens (including phenoxy) is 2. The number of carbonyl (C=O) groups is 3. The summed E-state index contributed by atoms with van der Waals surface area (Å²) in [6.07, 6.45) is 4.47. The fourth-order valence-electron chi connectivity index (χ4n) is 3.89. The van der Waals surface area contributed by atoms with Gasteiger partial charge < -0.3 is 24.6 Å². The zero-order valence-corrected chi connectivity index (χ0v) is 16.2. The highest BCUT2D eigenvalue weighted by molar-refractivity contribution is 6.27. The first-order chi connectivity index (χ1) is 13.9. The Morgan fingerprint density at radius 2 is 1.66 bits per heavy atom. The quantitative estimate of drug-likeness (QED) is 0.724. The van der Waals surface area contributed by atoms with Crippen LogP contribution in [0.3, 0.4) is 0 Å². The minimum Gasteiger partial charge on any atom is -0.473 e. The van der Waals surface area contributed by atoms with Crippen molar-refractivity contribution in [3.63, 3.8) is 0 Å². The molecule has 2 N–H and O–H groups in total. The molecule has 2 saturated heterocycles. The zero-order valence-electron chi connectivity index (χ0n) is 16.2. The standard InChI is InChI=1S/C18H24N2O3.C2H2O4/c21-18(20-8-1-2-9-20)15-4-3-7-19(12-15)11-14-5-6-16-17(10-14)23-13-22-16;3-1(4)2(5)6/h5-6,10,15H,1-4,7-9,11-13H2;(H,3,4)(H,5,6). The predicted molar refractivity (Wildman–Crippen MR) is 102 cm³/mol. The van der Waals surface area contributed by atoms with Gasteiger partial charge in [-0.25, -0.2) is 9.59 Å². The number of carboxylic acid groups (broad SMARTS) is 2. The van der Waals surface area contributed by atoms with Gasteiger partial charge in [0.25, 0.3) is 0 Å². The fourth-order valence-corrected chi connectivity index (χ4v) is 3.89. The average Bonchev–Trinajstić information content (AvgIpc) is 3.39. The lowest BCUT2D eigenvalue weighted by molar-refractivity contribution is -0.159. The Labute approximate surface area is 168 Å². The van der Waals surface area contributed by atoms with Crippen LogP contribution >= 0.6 is 0 Å². The molecular formula is C20H26N2O7. The second kappa shape index (κ2) is 9.60. The van der Waals surface area contributed by atoms with Crippen molar-refractivity contribution in [1.82, 2.24) is 9.80 Å². The summed E-state index contributed by atoms with van der Waals surface area (Å²) in [6.45, 7) is 5.05. The molecule has 9 heteroatoms. The van der Waals surface area contributed by atoms with Crippen molar-refractivity contribution in [3.05, 3.63) is 23.8 Å². The predicted octanol–water partition coefficient (Wildman–Crippen LogP) is 1.41. The van der Waals surface area contributed by atoms with Crippen molar-refractivity contribution in [2.75, 3.05) is 33.0 Å². The van der Waals surface area contributed by atoms with Gasteiger partial charge in [-0.1, -0.05) is 6.07 Å². The molecule has 9 nitrogen and oxygen atoms in total. The van der Waals surface area contributed by atoms with E-state index in [1.165, 1.54) is 18.4 Å². The van der Waals surface area contributed by atoms with Crippen molar-refractivity contribution < 1.29 is 34.1 Å². The summed E-state index contributed by atoms with van der Waals surface area (Å²) in [5.74, 6) is -1.43. The van der Waals surface area contributed by atoms with Crippen LogP contribution in [-0.4, -0.2) is 70.8 Å². The monoisotopic (exact) mass is 406 g/mol. The Morgan fingerprint density at radius 1 is 0.966 bits per heavy atom. The molecule has 1 amide bonds. The molecule has 0 aromatic heterocycles. The first-order valence-electron chi connectivity index (χ1n) is 9.80. The van der Waals surface area contributed by atoms with Gasteiger partial charge in [0.1, 0.15) is 0 Å². The van der Waals surface area contributed by atoms with Crippen molar-refractivity contribution in [1.29, 1.82) is 0 Å². The summed E-state index contributed by atoms with van der Waals surface area (Å²) in [6, 6.07) is 6.14. The molecule has 3 heterocycles. The number of nitrogens with zero attached hydrogens (tertiary/aromatic N) is 2. The van der Waals surface area contributed by atoms with Crippen LogP contribution in [0.2, 0.25) is 0 Å². The van der Waals surface area contributed by atoms with Crippen LogP contribution < -0.4 is 9.47 Å². The molecule has 0 spiro atoms. The first-order valence-corrected chi connectivity index (χ1v) is 9.80. The maximum atomic E-state index is 12.6. The topological polar surface area (TPSA) is 117 Å². The summed E-state index contributed by atoms with van der Waals surface area (Å²) >= 11 is 0. The van der Waals surface area contributed by atoms with E-state index in [4.69, 9.17) is 29.3 Å². The molecule has 0 radical (unpaired) electrons. The van der Waals surface area contributed by atoms with E-state index in [9.17, 15) is 4.79 Å². The number of benzene rings is 1. The Hall–Kier alpha value is -2.81. The third-order valence-corrected chi connectivity index (χ3v) is 5.30. The number of likely N-dealkylation sites (tertiary alicyclic amines) is 2. The summed E-state index contributed by atoms with van der Waals surface area (Å²) in [7, 11) is 0. The van der Waals surface area contributed by atoms with Gasteiger partial charge >= 0.3 is 11.9 Å². The number of piperidine rings is 1. The van der Waals surface area contributed by atoms with Gasteiger partial charge in [-0.3, -0.25) is 9.69 Å². The Balaban J connectivity index is 0.000000353. The zero-order chi connectivity index (χ0) is 20.8. The molecule has 0 bridgehead atoms. The summed E-state index contributed by atoms with van der Waals surface area (Å²) in [4.78, 5) is 35.3. The number of carbonyl (C=O) groups excluding carboxylic acids is 1. The van der Waals surface area contributed by atoms with E-state index in [2.05, 4.69) is 21.9 Å². The molecule has 2 fully saturated rings. The Kier molecular flexibility index (Phi) is 6.92. The maximum Gasteiger partial charge on any atom is 0.414 e. The second-order valence-corrected chi connectivity index (χ2v) is 7.40. The number of carboxylic acids is 2. The summed E-state index contributed by atoms with van der Waals surface area (Å²) in [5.41, 5.74) is 1.23. The molecule has 1 aromatic carbocycles. The van der Waals surface area contributed by atoms with Crippen molar-refractivity contribution in [3.8, 4) is 11.5 Å². The molecule has 1 unspecified atom stereocenters. The lowest BCUT2D eigenvalue weighted by atomic mass is 9.96. The molecule has 29 heavy (non-hydrogen) atoms. The van der Waals surface area contributed by atoms with E-state index in [1.807, 2.05) is 6.07 Å². The number of aliphatic carboxylic acids is 2. The smallest absolute Gasteiger partial charge is 0.414 e. The number of amides is 1. The minimum atomic E-state index is -1.82. The number of hydrogen-bond donors (Lipinski definition) is 2. The van der Waals surface area contributed by atoms with E-state index in [0.29, 0.717) is 12.7 Å². The van der Waals surface area contributed by atoms with Gasteiger partial charge in [0.2, 0.25) is 12.7 Å². The molecule has 158 valence electrons. The highest BCUT2D eigenvalue weighted by Crippen LogP contribution is 2.33. The SMILES string of the molecule is O=C(C1CCCN(Cc2ccc3c(c2)OCO3)C1)N1CCCC1.O=C(O)C(=O)O. The van der Waals surface area contributed by atoms with Crippen LogP contribution in [-0.2, 0) is 20.9 Å². The van der Waals surface area contributed by atoms with E-state index < -0.39 is 11.9 Å². The first kappa shape index (κ1) is 20.9. The second-order valence-electron chi connectivity index (χ2n) is 7.40. The molecule has 1 atom stereocenters. The molecule has 3 aliphatic rings. The van der Waals surface area contributed by atoms with Crippen molar-refractivity contribution in [2.45, 2.75) is 32.2 Å². The Morgan fingerprint density at radius 3 is 2.34 bits per heavy atom. The van der Waals surface area contributed by atoms with Crippen LogP contribution in [0.25, 0.3) is 0 Å². The van der Waals surface area contributed by atoms with Crippen LogP contribution in [0.4, 0.5) is 0 Å². The largest absolute Gasteiger partial charge is 0.473 e. The lowest BCUT2D eigenvalue weighted by Crippen LogP contribution is -2.43. The van der Waals surface area contributed by atoms with Crippen LogP contribution in [0.15, 0.2) is 18.2 Å². The van der Waals surface area contributed by atoms with Crippen LogP contribution in [0, 0.1) is 5.92 Å². The maximum absolute atomic E-state index is 12.6. The van der Waals surface area contributed by atoms with Gasteiger partial charge in [0.15, 0.2) is 11.5 Å². The van der Waals surface area contributed by atoms with E-state index >= 15 is 0 Å². The van der Waals surface area contributed by atoms with Crippen LogP contribution in [0.1, 0.15) is 31.2 Å². The molecular weight excluding hydrogens is 380 g/mol. The molecule has 0 saturated carbocycles. The number of rotatable bonds is 3. The highest BCUT2D eigenvalue weighted by atomic mass is 16.7. The average molecular weight is 406 g/mol. The van der Waals surface area contributed by atoms with Gasteiger partial charge in [-0.15, -0.1) is 0 Å². The summed E-state index contributed by atoms with van der Waals surface area (Å²) in [5, 5.41) is 14.8. The van der Waals surface area contributed by atoms with E-state index in [0.717, 1.165) is 57.1 Å². The van der Waals surface area contributed by atoms with E-state index in [-0.39, 0.29) is 5.92 Å². The molecule has 4 rings (SSSR count). The fraction of sp³-hybridized carbons (Fsp3) is 0.550. The van der Waals surface area contributed by atoms with Gasteiger partial charge in [-0.05, 0) is 49.9 Å². The van der Waals surface area contributed by atoms with Crippen molar-refractivity contribution in [2.24, 2.45) is 5.92 Å². The highest BCUT2D eigenvalue weighted by Gasteiger charge is 2.30. The van der Waals surface area contributed by atoms with Gasteiger partial charge in [0.05, 0.1) is 5.92 Å². The Bertz CT molecular complexity index is 749. The summed E-state index contributed by atoms with van der Waals surface area (Å²) < 4.78 is 10.8. The third kappa shape index (κ3) is 5.60. The van der Waals surface area contributed by atoms with Gasteiger partial charge in [-0.2, -0.15) is 0 Å². The molecule has 3 aliphatic heterocycles. The number of hydrogen-bond acceptors (Lipinski definition) is 6. The lowest BCUT2D eigenvalue weighted by Gasteiger charge is -2.34. The molecule has 0 aliphatic carbocycles. The van der Waals surface area contributed by atoms with Crippen molar-refractivity contribution >= 4 is 17.8 Å².